The second kappa shape index (κ2) is 5.68. The van der Waals surface area contributed by atoms with Crippen LogP contribution in [-0.4, -0.2) is 23.1 Å². The number of anilines is 2. The number of hydrogen-bond donors (Lipinski definition) is 1. The Kier molecular flexibility index (Phi) is 4.52. The Morgan fingerprint density at radius 3 is 2.62 bits per heavy atom. The molecule has 0 saturated carbocycles. The molecule has 0 aromatic carbocycles. The van der Waals surface area contributed by atoms with Crippen LogP contribution in [0.25, 0.3) is 0 Å². The maximum Gasteiger partial charge on any atom is 0.137 e. The molecule has 2 N–H and O–H groups in total. The van der Waals surface area contributed by atoms with E-state index in [2.05, 4.69) is 42.7 Å². The van der Waals surface area contributed by atoms with Crippen LogP contribution in [0.1, 0.15) is 39.2 Å². The molecule has 0 aliphatic carbocycles. The zero-order chi connectivity index (χ0) is 12.1. The minimum absolute atomic E-state index is 0.463. The predicted octanol–water partition coefficient (Wildman–Crippen LogP) is 2.25. The summed E-state index contributed by atoms with van der Waals surface area (Å²) in [5.74, 6) is 1.59. The van der Waals surface area contributed by atoms with Gasteiger partial charge < -0.3 is 10.6 Å². The normalized spacial score (nSPS) is 12.5. The largest absolute Gasteiger partial charge is 0.383 e. The Labute approximate surface area is 97.9 Å². The van der Waals surface area contributed by atoms with Crippen LogP contribution in [0.5, 0.6) is 0 Å². The van der Waals surface area contributed by atoms with Crippen LogP contribution >= 0.6 is 0 Å². The van der Waals surface area contributed by atoms with Crippen molar-refractivity contribution in [2.24, 2.45) is 0 Å². The molecule has 0 radical (unpaired) electrons. The average Bonchev–Trinajstić information content (AvgIpc) is 2.30. The molecule has 0 saturated heterocycles. The van der Waals surface area contributed by atoms with Gasteiger partial charge in [-0.25, -0.2) is 9.97 Å². The molecule has 4 heteroatoms. The summed E-state index contributed by atoms with van der Waals surface area (Å²) in [6.07, 6.45) is 4.62. The van der Waals surface area contributed by atoms with Crippen molar-refractivity contribution in [3.63, 3.8) is 0 Å². The van der Waals surface area contributed by atoms with E-state index in [4.69, 9.17) is 5.73 Å². The molecule has 90 valence electrons. The van der Waals surface area contributed by atoms with E-state index < -0.39 is 0 Å². The molecule has 0 fully saturated rings. The average molecular weight is 222 g/mol. The third-order valence-electron chi connectivity index (χ3n) is 3.04. The zero-order valence-corrected chi connectivity index (χ0v) is 10.7. The first-order chi connectivity index (χ1) is 7.61. The highest BCUT2D eigenvalue weighted by Crippen LogP contribution is 2.23. The van der Waals surface area contributed by atoms with Gasteiger partial charge in [0.15, 0.2) is 0 Å². The Hall–Kier alpha value is -1.32. The van der Waals surface area contributed by atoms with Gasteiger partial charge in [0, 0.05) is 18.7 Å². The van der Waals surface area contributed by atoms with Gasteiger partial charge in [0.1, 0.15) is 18.0 Å². The van der Waals surface area contributed by atoms with Gasteiger partial charge in [0.05, 0.1) is 0 Å². The van der Waals surface area contributed by atoms with E-state index in [0.29, 0.717) is 11.9 Å². The van der Waals surface area contributed by atoms with Gasteiger partial charge >= 0.3 is 0 Å². The monoisotopic (exact) mass is 222 g/mol. The fourth-order valence-corrected chi connectivity index (χ4v) is 1.69. The molecule has 1 rings (SSSR count). The highest BCUT2D eigenvalue weighted by Gasteiger charge is 2.15. The maximum atomic E-state index is 5.91. The van der Waals surface area contributed by atoms with Gasteiger partial charge in [-0.05, 0) is 19.8 Å². The van der Waals surface area contributed by atoms with E-state index in [9.17, 15) is 0 Å². The summed E-state index contributed by atoms with van der Waals surface area (Å²) in [6, 6.07) is 0.463. The van der Waals surface area contributed by atoms with Crippen LogP contribution in [0.4, 0.5) is 11.6 Å². The minimum Gasteiger partial charge on any atom is -0.383 e. The number of rotatable bonds is 5. The van der Waals surface area contributed by atoms with Crippen LogP contribution in [0.15, 0.2) is 6.33 Å². The van der Waals surface area contributed by atoms with Crippen molar-refractivity contribution in [3.8, 4) is 0 Å². The molecule has 1 aromatic rings. The number of aromatic nitrogens is 2. The number of nitrogens with zero attached hydrogens (tertiary/aromatic N) is 3. The third-order valence-corrected chi connectivity index (χ3v) is 3.04. The van der Waals surface area contributed by atoms with Gasteiger partial charge in [0.2, 0.25) is 0 Å². The Morgan fingerprint density at radius 2 is 2.06 bits per heavy atom. The lowest BCUT2D eigenvalue weighted by molar-refractivity contribution is 0.652. The molecule has 0 aliphatic rings. The van der Waals surface area contributed by atoms with E-state index in [0.717, 1.165) is 30.6 Å². The lowest BCUT2D eigenvalue weighted by atomic mass is 10.1. The first-order valence-electron chi connectivity index (χ1n) is 5.93. The van der Waals surface area contributed by atoms with Gasteiger partial charge in [-0.1, -0.05) is 20.3 Å². The molecule has 16 heavy (non-hydrogen) atoms. The lowest BCUT2D eigenvalue weighted by Gasteiger charge is -2.27. The fraction of sp³-hybridized carbons (Fsp3) is 0.667. The predicted molar refractivity (Wildman–Crippen MR) is 68.6 cm³/mol. The van der Waals surface area contributed by atoms with Gasteiger partial charge in [0.25, 0.3) is 0 Å². The summed E-state index contributed by atoms with van der Waals surface area (Å²) >= 11 is 0. The standard InChI is InChI=1S/C12H22N4/c1-5-7-10-11(13)14-8-15-12(10)16(4)9(3)6-2/h8-9H,5-7H2,1-4H3,(H2,13,14,15). The first-order valence-corrected chi connectivity index (χ1v) is 5.93. The summed E-state index contributed by atoms with van der Waals surface area (Å²) in [7, 11) is 2.06. The molecule has 1 atom stereocenters. The van der Waals surface area contributed by atoms with Crippen LogP contribution in [0.3, 0.4) is 0 Å². The minimum atomic E-state index is 0.463. The van der Waals surface area contributed by atoms with Crippen LogP contribution < -0.4 is 10.6 Å². The number of nitrogens with two attached hydrogens (primary N) is 1. The van der Waals surface area contributed by atoms with E-state index in [1.165, 1.54) is 0 Å². The van der Waals surface area contributed by atoms with Crippen molar-refractivity contribution in [2.45, 2.75) is 46.1 Å². The lowest BCUT2D eigenvalue weighted by Crippen LogP contribution is -2.30. The molecule has 1 heterocycles. The van der Waals surface area contributed by atoms with Crippen molar-refractivity contribution in [1.82, 2.24) is 9.97 Å². The van der Waals surface area contributed by atoms with Crippen molar-refractivity contribution < 1.29 is 0 Å². The Balaban J connectivity index is 3.06. The van der Waals surface area contributed by atoms with E-state index in [-0.39, 0.29) is 0 Å². The molecular weight excluding hydrogens is 200 g/mol. The quantitative estimate of drug-likeness (QED) is 0.830. The highest BCUT2D eigenvalue weighted by molar-refractivity contribution is 5.56. The fourth-order valence-electron chi connectivity index (χ4n) is 1.69. The van der Waals surface area contributed by atoms with Crippen molar-refractivity contribution in [2.75, 3.05) is 17.7 Å². The molecular formula is C12H22N4. The second-order valence-corrected chi connectivity index (χ2v) is 4.18. The summed E-state index contributed by atoms with van der Waals surface area (Å²) in [5.41, 5.74) is 6.99. The molecule has 0 aliphatic heterocycles. The number of hydrogen-bond acceptors (Lipinski definition) is 4. The molecule has 1 unspecified atom stereocenters. The summed E-state index contributed by atoms with van der Waals surface area (Å²) in [6.45, 7) is 6.50. The van der Waals surface area contributed by atoms with Crippen molar-refractivity contribution in [1.29, 1.82) is 0 Å². The van der Waals surface area contributed by atoms with Gasteiger partial charge in [-0.15, -0.1) is 0 Å². The van der Waals surface area contributed by atoms with E-state index >= 15 is 0 Å². The molecule has 1 aromatic heterocycles. The summed E-state index contributed by atoms with van der Waals surface area (Å²) in [5, 5.41) is 0. The van der Waals surface area contributed by atoms with Gasteiger partial charge in [-0.3, -0.25) is 0 Å². The summed E-state index contributed by atoms with van der Waals surface area (Å²) < 4.78 is 0. The smallest absolute Gasteiger partial charge is 0.137 e. The zero-order valence-electron chi connectivity index (χ0n) is 10.7. The van der Waals surface area contributed by atoms with Crippen LogP contribution in [0, 0.1) is 0 Å². The van der Waals surface area contributed by atoms with Gasteiger partial charge in [-0.2, -0.15) is 0 Å². The Morgan fingerprint density at radius 1 is 1.38 bits per heavy atom. The summed E-state index contributed by atoms with van der Waals surface area (Å²) in [4.78, 5) is 10.6. The molecule has 0 spiro atoms. The SMILES string of the molecule is CCCc1c(N)ncnc1N(C)C(C)CC. The second-order valence-electron chi connectivity index (χ2n) is 4.18. The maximum absolute atomic E-state index is 5.91. The van der Waals surface area contributed by atoms with Crippen molar-refractivity contribution >= 4 is 11.6 Å². The Bertz CT molecular complexity index is 338. The molecule has 0 amide bonds. The van der Waals surface area contributed by atoms with E-state index in [1.54, 1.807) is 6.33 Å². The van der Waals surface area contributed by atoms with Crippen molar-refractivity contribution in [3.05, 3.63) is 11.9 Å². The van der Waals surface area contributed by atoms with Crippen LogP contribution in [0.2, 0.25) is 0 Å². The van der Waals surface area contributed by atoms with E-state index in [1.807, 2.05) is 0 Å². The molecule has 4 nitrogen and oxygen atoms in total. The topological polar surface area (TPSA) is 55.0 Å². The molecule has 0 bridgehead atoms. The number of nitrogen functional groups attached to an aromatic ring is 1. The third kappa shape index (κ3) is 2.62. The first kappa shape index (κ1) is 12.7. The van der Waals surface area contributed by atoms with Crippen LogP contribution in [-0.2, 0) is 6.42 Å². The highest BCUT2D eigenvalue weighted by atomic mass is 15.2.